The SMILES string of the molecule is CCN(C(=O)COC(=O)c1cc(-c2ccccc2)nc2ccccc12)[C@@H]1CCS(=O)(=O)C1. The Morgan fingerprint density at radius 1 is 1.09 bits per heavy atom. The molecule has 1 fully saturated rings. The van der Waals surface area contributed by atoms with Gasteiger partial charge in [-0.1, -0.05) is 48.5 Å². The summed E-state index contributed by atoms with van der Waals surface area (Å²) in [5.74, 6) is -0.989. The lowest BCUT2D eigenvalue weighted by atomic mass is 10.0. The number of hydrogen-bond donors (Lipinski definition) is 0. The molecular formula is C24H24N2O5S. The molecule has 0 bridgehead atoms. The third-order valence-corrected chi connectivity index (χ3v) is 7.39. The second-order valence-electron chi connectivity index (χ2n) is 7.75. The molecule has 1 saturated heterocycles. The Morgan fingerprint density at radius 3 is 2.50 bits per heavy atom. The molecule has 166 valence electrons. The average molecular weight is 453 g/mol. The number of esters is 1. The first kappa shape index (κ1) is 22.0. The molecule has 1 amide bonds. The molecule has 0 N–H and O–H groups in total. The van der Waals surface area contributed by atoms with E-state index in [9.17, 15) is 18.0 Å². The van der Waals surface area contributed by atoms with Gasteiger partial charge in [-0.25, -0.2) is 18.2 Å². The van der Waals surface area contributed by atoms with Crippen molar-refractivity contribution in [2.45, 2.75) is 19.4 Å². The van der Waals surface area contributed by atoms with Gasteiger partial charge in [0.15, 0.2) is 16.4 Å². The summed E-state index contributed by atoms with van der Waals surface area (Å²) < 4.78 is 28.9. The van der Waals surface area contributed by atoms with Crippen LogP contribution in [0.2, 0.25) is 0 Å². The van der Waals surface area contributed by atoms with Gasteiger partial charge < -0.3 is 9.64 Å². The third-order valence-electron chi connectivity index (χ3n) is 5.64. The summed E-state index contributed by atoms with van der Waals surface area (Å²) in [5, 5.41) is 0.638. The Labute approximate surface area is 186 Å². The highest BCUT2D eigenvalue weighted by Crippen LogP contribution is 2.25. The zero-order valence-corrected chi connectivity index (χ0v) is 18.5. The standard InChI is InChI=1S/C24H24N2O5S/c1-2-26(18-12-13-32(29,30)16-18)23(27)15-31-24(28)20-14-22(17-8-4-3-5-9-17)25-21-11-7-6-10-19(20)21/h3-11,14,18H,2,12-13,15-16H2,1H3/t18-/m1/s1. The minimum atomic E-state index is -3.12. The van der Waals surface area contributed by atoms with E-state index < -0.39 is 28.3 Å². The van der Waals surface area contributed by atoms with E-state index in [0.29, 0.717) is 35.1 Å². The molecule has 0 aliphatic carbocycles. The molecule has 32 heavy (non-hydrogen) atoms. The zero-order valence-electron chi connectivity index (χ0n) is 17.7. The molecule has 2 heterocycles. The van der Waals surface area contributed by atoms with Crippen LogP contribution in [0, 0.1) is 0 Å². The van der Waals surface area contributed by atoms with Crippen LogP contribution in [-0.2, 0) is 19.4 Å². The van der Waals surface area contributed by atoms with Gasteiger partial charge in [0.1, 0.15) is 0 Å². The van der Waals surface area contributed by atoms with Crippen molar-refractivity contribution in [2.75, 3.05) is 24.7 Å². The molecule has 0 spiro atoms. The molecule has 3 aromatic rings. The quantitative estimate of drug-likeness (QED) is 0.534. The third kappa shape index (κ3) is 4.65. The van der Waals surface area contributed by atoms with Crippen molar-refractivity contribution in [2.24, 2.45) is 0 Å². The van der Waals surface area contributed by atoms with E-state index in [-0.39, 0.29) is 17.5 Å². The second kappa shape index (κ2) is 9.08. The van der Waals surface area contributed by atoms with Gasteiger partial charge in [-0.05, 0) is 25.5 Å². The number of likely N-dealkylation sites (N-methyl/N-ethyl adjacent to an activating group) is 1. The molecule has 0 radical (unpaired) electrons. The average Bonchev–Trinajstić information content (AvgIpc) is 3.16. The van der Waals surface area contributed by atoms with E-state index in [1.807, 2.05) is 48.5 Å². The highest BCUT2D eigenvalue weighted by atomic mass is 32.2. The molecule has 0 unspecified atom stereocenters. The minimum Gasteiger partial charge on any atom is -0.452 e. The van der Waals surface area contributed by atoms with Crippen molar-refractivity contribution in [3.8, 4) is 11.3 Å². The number of rotatable bonds is 6. The first-order valence-corrected chi connectivity index (χ1v) is 12.3. The number of amides is 1. The number of nitrogens with zero attached hydrogens (tertiary/aromatic N) is 2. The van der Waals surface area contributed by atoms with E-state index in [2.05, 4.69) is 4.98 Å². The number of pyridine rings is 1. The summed E-state index contributed by atoms with van der Waals surface area (Å²) in [5.41, 5.74) is 2.48. The number of benzene rings is 2. The van der Waals surface area contributed by atoms with Crippen LogP contribution in [0.1, 0.15) is 23.7 Å². The van der Waals surface area contributed by atoms with Crippen LogP contribution in [0.4, 0.5) is 0 Å². The summed E-state index contributed by atoms with van der Waals surface area (Å²) in [7, 11) is -3.12. The first-order valence-electron chi connectivity index (χ1n) is 10.5. The van der Waals surface area contributed by atoms with Crippen LogP contribution in [-0.4, -0.2) is 60.9 Å². The van der Waals surface area contributed by atoms with Gasteiger partial charge in [0.25, 0.3) is 5.91 Å². The van der Waals surface area contributed by atoms with E-state index in [0.717, 1.165) is 5.56 Å². The number of para-hydroxylation sites is 1. The minimum absolute atomic E-state index is 0.0457. The summed E-state index contributed by atoms with van der Waals surface area (Å²) >= 11 is 0. The monoisotopic (exact) mass is 452 g/mol. The Kier molecular flexibility index (Phi) is 6.23. The van der Waals surface area contributed by atoms with Crippen LogP contribution in [0.25, 0.3) is 22.2 Å². The lowest BCUT2D eigenvalue weighted by molar-refractivity contribution is -0.136. The molecule has 1 aliphatic heterocycles. The summed E-state index contributed by atoms with van der Waals surface area (Å²) in [6, 6.07) is 18.1. The predicted octanol–water partition coefficient (Wildman–Crippen LogP) is 3.09. The highest BCUT2D eigenvalue weighted by molar-refractivity contribution is 7.91. The Balaban J connectivity index is 1.55. The Morgan fingerprint density at radius 2 is 1.81 bits per heavy atom. The molecule has 4 rings (SSSR count). The van der Waals surface area contributed by atoms with Crippen LogP contribution >= 0.6 is 0 Å². The van der Waals surface area contributed by atoms with Crippen LogP contribution in [0.3, 0.4) is 0 Å². The van der Waals surface area contributed by atoms with Gasteiger partial charge in [0.2, 0.25) is 0 Å². The van der Waals surface area contributed by atoms with E-state index in [1.165, 1.54) is 4.90 Å². The van der Waals surface area contributed by atoms with Crippen LogP contribution in [0.5, 0.6) is 0 Å². The summed E-state index contributed by atoms with van der Waals surface area (Å²) in [4.78, 5) is 31.8. The Bertz CT molecular complexity index is 1260. The summed E-state index contributed by atoms with van der Waals surface area (Å²) in [6.07, 6.45) is 0.408. The number of hydrogen-bond acceptors (Lipinski definition) is 6. The fraction of sp³-hybridized carbons (Fsp3) is 0.292. The van der Waals surface area contributed by atoms with E-state index in [4.69, 9.17) is 4.74 Å². The van der Waals surface area contributed by atoms with Gasteiger partial charge in [-0.3, -0.25) is 4.79 Å². The maximum absolute atomic E-state index is 13.0. The van der Waals surface area contributed by atoms with E-state index >= 15 is 0 Å². The molecule has 2 aromatic carbocycles. The molecule has 1 aliphatic rings. The highest BCUT2D eigenvalue weighted by Gasteiger charge is 2.34. The van der Waals surface area contributed by atoms with E-state index in [1.54, 1.807) is 19.1 Å². The number of fused-ring (bicyclic) bond motifs is 1. The van der Waals surface area contributed by atoms with Crippen LogP contribution in [0.15, 0.2) is 60.7 Å². The fourth-order valence-electron chi connectivity index (χ4n) is 4.05. The summed E-state index contributed by atoms with van der Waals surface area (Å²) in [6.45, 7) is 1.70. The van der Waals surface area contributed by atoms with Gasteiger partial charge in [0.05, 0.1) is 28.3 Å². The number of carbonyl (C=O) groups is 2. The van der Waals surface area contributed by atoms with Gasteiger partial charge in [-0.2, -0.15) is 0 Å². The normalized spacial score (nSPS) is 17.2. The maximum Gasteiger partial charge on any atom is 0.339 e. The fourth-order valence-corrected chi connectivity index (χ4v) is 5.78. The number of ether oxygens (including phenoxy) is 1. The van der Waals surface area contributed by atoms with Crippen molar-refractivity contribution >= 4 is 32.6 Å². The van der Waals surface area contributed by atoms with Crippen molar-refractivity contribution in [3.63, 3.8) is 0 Å². The predicted molar refractivity (Wildman–Crippen MR) is 122 cm³/mol. The smallest absolute Gasteiger partial charge is 0.339 e. The molecule has 7 nitrogen and oxygen atoms in total. The van der Waals surface area contributed by atoms with Crippen molar-refractivity contribution in [1.29, 1.82) is 0 Å². The molecule has 1 atom stereocenters. The van der Waals surface area contributed by atoms with Crippen molar-refractivity contribution in [1.82, 2.24) is 9.88 Å². The van der Waals surface area contributed by atoms with Crippen molar-refractivity contribution < 1.29 is 22.7 Å². The lowest BCUT2D eigenvalue weighted by Crippen LogP contribution is -2.43. The number of aromatic nitrogens is 1. The van der Waals surface area contributed by atoms with Crippen LogP contribution < -0.4 is 0 Å². The lowest BCUT2D eigenvalue weighted by Gasteiger charge is -2.26. The Hall–Kier alpha value is -3.26. The topological polar surface area (TPSA) is 93.6 Å². The largest absolute Gasteiger partial charge is 0.452 e. The first-order chi connectivity index (χ1) is 15.4. The molecule has 8 heteroatoms. The second-order valence-corrected chi connectivity index (χ2v) is 9.98. The van der Waals surface area contributed by atoms with Crippen molar-refractivity contribution in [3.05, 3.63) is 66.2 Å². The molecular weight excluding hydrogens is 428 g/mol. The maximum atomic E-state index is 13.0. The molecule has 0 saturated carbocycles. The number of carbonyl (C=O) groups excluding carboxylic acids is 2. The zero-order chi connectivity index (χ0) is 22.7. The van der Waals surface area contributed by atoms with Gasteiger partial charge >= 0.3 is 5.97 Å². The molecule has 1 aromatic heterocycles. The van der Waals surface area contributed by atoms with Gasteiger partial charge in [0, 0.05) is 23.5 Å². The van der Waals surface area contributed by atoms with Gasteiger partial charge in [-0.15, -0.1) is 0 Å². The number of sulfone groups is 1.